The number of anilines is 1. The van der Waals surface area contributed by atoms with Gasteiger partial charge in [-0.3, -0.25) is 4.79 Å². The van der Waals surface area contributed by atoms with Gasteiger partial charge in [-0.1, -0.05) is 18.2 Å². The normalized spacial score (nSPS) is 10.0. The van der Waals surface area contributed by atoms with E-state index in [9.17, 15) is 9.59 Å². The first-order chi connectivity index (χ1) is 11.1. The van der Waals surface area contributed by atoms with Crippen LogP contribution in [-0.4, -0.2) is 25.6 Å². The SMILES string of the molecule is CCOC(=O)c1ccc(NC(=O)Cc2ccccc2OC)cc1. The van der Waals surface area contributed by atoms with E-state index in [1.54, 1.807) is 38.3 Å². The van der Waals surface area contributed by atoms with E-state index >= 15 is 0 Å². The summed E-state index contributed by atoms with van der Waals surface area (Å²) >= 11 is 0. The van der Waals surface area contributed by atoms with Crippen molar-refractivity contribution in [1.29, 1.82) is 0 Å². The van der Waals surface area contributed by atoms with E-state index in [1.165, 1.54) is 0 Å². The van der Waals surface area contributed by atoms with Gasteiger partial charge >= 0.3 is 5.97 Å². The highest BCUT2D eigenvalue weighted by Gasteiger charge is 2.10. The molecule has 5 heteroatoms. The summed E-state index contributed by atoms with van der Waals surface area (Å²) in [5.41, 5.74) is 1.89. The number of methoxy groups -OCH3 is 1. The van der Waals surface area contributed by atoms with E-state index in [1.807, 2.05) is 24.3 Å². The summed E-state index contributed by atoms with van der Waals surface area (Å²) < 4.78 is 10.1. The van der Waals surface area contributed by atoms with Crippen LogP contribution in [0.1, 0.15) is 22.8 Å². The van der Waals surface area contributed by atoms with E-state index in [2.05, 4.69) is 5.32 Å². The van der Waals surface area contributed by atoms with E-state index in [-0.39, 0.29) is 18.3 Å². The summed E-state index contributed by atoms with van der Waals surface area (Å²) in [4.78, 5) is 23.7. The van der Waals surface area contributed by atoms with Crippen LogP contribution < -0.4 is 10.1 Å². The Bertz CT molecular complexity index is 680. The average molecular weight is 313 g/mol. The molecule has 2 aromatic carbocycles. The first-order valence-electron chi connectivity index (χ1n) is 7.33. The van der Waals surface area contributed by atoms with E-state index in [0.717, 1.165) is 5.56 Å². The molecule has 0 saturated heterocycles. The number of rotatable bonds is 6. The van der Waals surface area contributed by atoms with E-state index < -0.39 is 0 Å². The maximum absolute atomic E-state index is 12.1. The van der Waals surface area contributed by atoms with Crippen molar-refractivity contribution in [1.82, 2.24) is 0 Å². The van der Waals surface area contributed by atoms with Gasteiger partial charge in [-0.2, -0.15) is 0 Å². The van der Waals surface area contributed by atoms with Gasteiger partial charge in [0.25, 0.3) is 0 Å². The lowest BCUT2D eigenvalue weighted by Crippen LogP contribution is -2.15. The van der Waals surface area contributed by atoms with Crippen molar-refractivity contribution < 1.29 is 19.1 Å². The van der Waals surface area contributed by atoms with Gasteiger partial charge in [0.1, 0.15) is 5.75 Å². The minimum absolute atomic E-state index is 0.154. The zero-order chi connectivity index (χ0) is 16.7. The van der Waals surface area contributed by atoms with Gasteiger partial charge in [-0.15, -0.1) is 0 Å². The third-order valence-electron chi connectivity index (χ3n) is 3.22. The zero-order valence-electron chi connectivity index (χ0n) is 13.2. The third kappa shape index (κ3) is 4.57. The number of hydrogen-bond acceptors (Lipinski definition) is 4. The molecule has 0 atom stereocenters. The molecule has 0 spiro atoms. The van der Waals surface area contributed by atoms with Crippen LogP contribution in [0.25, 0.3) is 0 Å². The third-order valence-corrected chi connectivity index (χ3v) is 3.22. The van der Waals surface area contributed by atoms with Crippen LogP contribution in [0.3, 0.4) is 0 Å². The zero-order valence-corrected chi connectivity index (χ0v) is 13.2. The number of nitrogens with one attached hydrogen (secondary N) is 1. The number of amides is 1. The van der Waals surface area contributed by atoms with Crippen molar-refractivity contribution in [2.45, 2.75) is 13.3 Å². The summed E-state index contributed by atoms with van der Waals surface area (Å²) in [7, 11) is 1.57. The smallest absolute Gasteiger partial charge is 0.338 e. The maximum Gasteiger partial charge on any atom is 0.338 e. The van der Waals surface area contributed by atoms with Crippen molar-refractivity contribution in [2.75, 3.05) is 19.0 Å². The molecule has 2 aromatic rings. The molecule has 0 unspecified atom stereocenters. The van der Waals surface area contributed by atoms with Gasteiger partial charge in [0.2, 0.25) is 5.91 Å². The molecule has 0 fully saturated rings. The topological polar surface area (TPSA) is 64.6 Å². The molecule has 2 rings (SSSR count). The molecule has 5 nitrogen and oxygen atoms in total. The molecule has 0 aliphatic heterocycles. The first-order valence-corrected chi connectivity index (χ1v) is 7.33. The predicted molar refractivity (Wildman–Crippen MR) is 87.7 cm³/mol. The van der Waals surface area contributed by atoms with Crippen LogP contribution in [0.5, 0.6) is 5.75 Å². The fraction of sp³-hybridized carbons (Fsp3) is 0.222. The molecular weight excluding hydrogens is 294 g/mol. The summed E-state index contributed by atoms with van der Waals surface area (Å²) in [6, 6.07) is 14.0. The van der Waals surface area contributed by atoms with Crippen LogP contribution in [0, 0.1) is 0 Å². The Morgan fingerprint density at radius 2 is 1.74 bits per heavy atom. The lowest BCUT2D eigenvalue weighted by Gasteiger charge is -2.09. The van der Waals surface area contributed by atoms with Crippen LogP contribution in [0.2, 0.25) is 0 Å². The average Bonchev–Trinajstić information content (AvgIpc) is 2.56. The lowest BCUT2D eigenvalue weighted by atomic mass is 10.1. The van der Waals surface area contributed by atoms with E-state index in [4.69, 9.17) is 9.47 Å². The Labute approximate surface area is 135 Å². The number of esters is 1. The van der Waals surface area contributed by atoms with Crippen molar-refractivity contribution in [3.05, 3.63) is 59.7 Å². The Kier molecular flexibility index (Phi) is 5.74. The molecule has 0 heterocycles. The van der Waals surface area contributed by atoms with Crippen molar-refractivity contribution in [2.24, 2.45) is 0 Å². The second-order valence-electron chi connectivity index (χ2n) is 4.83. The summed E-state index contributed by atoms with van der Waals surface area (Å²) in [5, 5.41) is 2.79. The standard InChI is InChI=1S/C18H19NO4/c1-3-23-18(21)13-8-10-15(11-9-13)19-17(20)12-14-6-4-5-7-16(14)22-2/h4-11H,3,12H2,1-2H3,(H,19,20). The monoisotopic (exact) mass is 313 g/mol. The molecule has 0 radical (unpaired) electrons. The van der Waals surface area contributed by atoms with Crippen molar-refractivity contribution >= 4 is 17.6 Å². The minimum Gasteiger partial charge on any atom is -0.496 e. The highest BCUT2D eigenvalue weighted by atomic mass is 16.5. The highest BCUT2D eigenvalue weighted by Crippen LogP contribution is 2.18. The Morgan fingerprint density at radius 3 is 2.39 bits per heavy atom. The molecule has 120 valence electrons. The van der Waals surface area contributed by atoms with Crippen LogP contribution in [0.15, 0.2) is 48.5 Å². The second-order valence-corrected chi connectivity index (χ2v) is 4.83. The number of para-hydroxylation sites is 1. The number of benzene rings is 2. The molecule has 1 N–H and O–H groups in total. The number of ether oxygens (including phenoxy) is 2. The van der Waals surface area contributed by atoms with Gasteiger partial charge in [0, 0.05) is 11.3 Å². The largest absolute Gasteiger partial charge is 0.496 e. The maximum atomic E-state index is 12.1. The number of hydrogen-bond donors (Lipinski definition) is 1. The van der Waals surface area contributed by atoms with Crippen LogP contribution in [0.4, 0.5) is 5.69 Å². The van der Waals surface area contributed by atoms with Gasteiger partial charge in [0.15, 0.2) is 0 Å². The van der Waals surface area contributed by atoms with Gasteiger partial charge in [-0.25, -0.2) is 4.79 Å². The van der Waals surface area contributed by atoms with Crippen LogP contribution >= 0.6 is 0 Å². The minimum atomic E-state index is -0.376. The summed E-state index contributed by atoms with van der Waals surface area (Å²) in [6.45, 7) is 2.08. The number of carbonyl (C=O) groups is 2. The predicted octanol–water partition coefficient (Wildman–Crippen LogP) is 3.05. The second kappa shape index (κ2) is 7.98. The Balaban J connectivity index is 1.99. The summed E-state index contributed by atoms with van der Waals surface area (Å²) in [5.74, 6) is 0.151. The van der Waals surface area contributed by atoms with Gasteiger partial charge < -0.3 is 14.8 Å². The van der Waals surface area contributed by atoms with Crippen molar-refractivity contribution in [3.8, 4) is 5.75 Å². The molecule has 0 saturated carbocycles. The fourth-order valence-electron chi connectivity index (χ4n) is 2.13. The fourth-order valence-corrected chi connectivity index (χ4v) is 2.13. The first kappa shape index (κ1) is 16.5. The Hall–Kier alpha value is -2.82. The molecule has 0 aromatic heterocycles. The molecule has 0 aliphatic carbocycles. The summed E-state index contributed by atoms with van der Waals surface area (Å²) in [6.07, 6.45) is 0.212. The quantitative estimate of drug-likeness (QED) is 0.833. The highest BCUT2D eigenvalue weighted by molar-refractivity contribution is 5.94. The van der Waals surface area contributed by atoms with Gasteiger partial charge in [0.05, 0.1) is 25.7 Å². The molecule has 0 aliphatic rings. The Morgan fingerprint density at radius 1 is 1.04 bits per heavy atom. The molecular formula is C18H19NO4. The lowest BCUT2D eigenvalue weighted by molar-refractivity contribution is -0.115. The molecule has 0 bridgehead atoms. The van der Waals surface area contributed by atoms with Crippen LogP contribution in [-0.2, 0) is 16.0 Å². The van der Waals surface area contributed by atoms with E-state index in [0.29, 0.717) is 23.6 Å². The van der Waals surface area contributed by atoms with Crippen molar-refractivity contribution in [3.63, 3.8) is 0 Å². The number of carbonyl (C=O) groups excluding carboxylic acids is 2. The van der Waals surface area contributed by atoms with Gasteiger partial charge in [-0.05, 0) is 37.3 Å². The molecule has 1 amide bonds. The molecule has 23 heavy (non-hydrogen) atoms.